The molecule has 0 unspecified atom stereocenters. The number of rotatable bonds is 8. The summed E-state index contributed by atoms with van der Waals surface area (Å²) in [6.45, 7) is 0. The van der Waals surface area contributed by atoms with Crippen LogP contribution in [-0.2, 0) is 60.9 Å². The second-order valence-corrected chi connectivity index (χ2v) is 20.0. The number of fused-ring (bicyclic) bond motifs is 8. The van der Waals surface area contributed by atoms with E-state index < -0.39 is 40.5 Å². The van der Waals surface area contributed by atoms with E-state index in [1.54, 1.807) is 48.6 Å². The third-order valence-electron chi connectivity index (χ3n) is 10.4. The summed E-state index contributed by atoms with van der Waals surface area (Å²) in [7, 11) is -18.2. The Morgan fingerprint density at radius 1 is 0.308 bits per heavy atom. The van der Waals surface area contributed by atoms with E-state index in [2.05, 4.69) is 0 Å². The van der Waals surface area contributed by atoms with Gasteiger partial charge in [0.1, 0.15) is 0 Å². The van der Waals surface area contributed by atoms with Gasteiger partial charge >= 0.3 is 20.4 Å². The molecule has 4 aromatic carbocycles. The van der Waals surface area contributed by atoms with Gasteiger partial charge in [0, 0.05) is 0 Å². The first kappa shape index (κ1) is 45.4. The topological polar surface area (TPSA) is 271 Å². The zero-order valence-electron chi connectivity index (χ0n) is 32.6. The summed E-state index contributed by atoms with van der Waals surface area (Å²) < 4.78 is 135. The molecule has 7 aromatic rings. The van der Waals surface area contributed by atoms with Gasteiger partial charge in [-0.15, -0.1) is 22.1 Å². The van der Waals surface area contributed by atoms with Crippen LogP contribution < -0.4 is 9.97 Å². The van der Waals surface area contributed by atoms with Crippen molar-refractivity contribution in [3.63, 3.8) is 0 Å². The Bertz CT molecular complexity index is 3300. The normalized spacial score (nSPS) is 12.9. The van der Waals surface area contributed by atoms with E-state index in [9.17, 15) is 51.9 Å². The van der Waals surface area contributed by atoms with Gasteiger partial charge in [0.15, 0.2) is 0 Å². The van der Waals surface area contributed by atoms with Crippen LogP contribution >= 0.6 is 0 Å². The minimum Gasteiger partial charge on any atom is -0.657 e. The zero-order valence-corrected chi connectivity index (χ0v) is 37.5. The van der Waals surface area contributed by atoms with E-state index >= 15 is 0 Å². The average Bonchev–Trinajstić information content (AvgIpc) is 4.08. The first-order chi connectivity index (χ1) is 30.2. The fourth-order valence-corrected chi connectivity index (χ4v) is 9.36. The molecule has 9 rings (SSSR count). The number of aromatic nitrogens is 4. The summed E-state index contributed by atoms with van der Waals surface area (Å²) in [5.74, 6) is 0. The van der Waals surface area contributed by atoms with Gasteiger partial charge in [-0.25, -0.2) is 9.97 Å². The van der Waals surface area contributed by atoms with Crippen LogP contribution in [0.1, 0.15) is 22.8 Å². The number of hydrogen-bond donors (Lipinski definition) is 4. The summed E-state index contributed by atoms with van der Waals surface area (Å²) in [6.07, 6.45) is 6.79. The maximum atomic E-state index is 12.0. The second kappa shape index (κ2) is 16.6. The number of benzene rings is 4. The molecule has 0 spiro atoms. The summed E-state index contributed by atoms with van der Waals surface area (Å²) in [6, 6.07) is 28.4. The van der Waals surface area contributed by atoms with E-state index in [4.69, 9.17) is 19.9 Å². The predicted molar refractivity (Wildman–Crippen MR) is 238 cm³/mol. The van der Waals surface area contributed by atoms with Crippen molar-refractivity contribution in [1.82, 2.24) is 19.9 Å². The first-order valence-electron chi connectivity index (χ1n) is 18.6. The largest absolute Gasteiger partial charge is 2.00 e. The van der Waals surface area contributed by atoms with Crippen LogP contribution in [0, 0.1) is 0 Å². The Labute approximate surface area is 384 Å². The number of hydrogen-bond acceptors (Lipinski definition) is 10. The molecule has 2 aliphatic rings. The minimum atomic E-state index is -4.56. The standard InChI is InChI=1S/C44H28N4O12S4.Pd/c49-61(50,51)29-9-1-25(2-10-29)41-33-17-19-35(45-33)42(26-3-11-30(12-4-26)62(52,53)54)37-21-23-39(47-37)44(28-7-15-32(16-8-28)64(58,59)60)40-24-22-38(48-40)43(36-20-18-34(41)46-36)27-5-13-31(14-6-27)63(55,56)57;/h1-24H,(H,49,50,51)(H,52,53,54)(H,55,56,57)(H,58,59,60);/q-2;+2. The molecule has 3 aromatic heterocycles. The summed E-state index contributed by atoms with van der Waals surface area (Å²) in [5, 5.41) is 0. The second-order valence-electron chi connectivity index (χ2n) is 14.4. The molecule has 65 heavy (non-hydrogen) atoms. The van der Waals surface area contributed by atoms with Gasteiger partial charge in [0.25, 0.3) is 40.5 Å². The van der Waals surface area contributed by atoms with Crippen LogP contribution in [-0.4, -0.2) is 61.9 Å². The monoisotopic (exact) mass is 1040 g/mol. The summed E-state index contributed by atoms with van der Waals surface area (Å²) >= 11 is 0. The predicted octanol–water partition coefficient (Wildman–Crippen LogP) is 7.57. The van der Waals surface area contributed by atoms with E-state index in [0.29, 0.717) is 89.4 Å². The molecule has 2 aliphatic heterocycles. The smallest absolute Gasteiger partial charge is 0.657 e. The van der Waals surface area contributed by atoms with Crippen LogP contribution in [0.2, 0.25) is 0 Å². The van der Waals surface area contributed by atoms with Crippen LogP contribution in [0.15, 0.2) is 141 Å². The molecule has 0 radical (unpaired) electrons. The third kappa shape index (κ3) is 8.94. The molecule has 0 amide bonds. The Kier molecular flexibility index (Phi) is 11.6. The van der Waals surface area contributed by atoms with Crippen molar-refractivity contribution < 1.29 is 72.3 Å². The van der Waals surface area contributed by atoms with E-state index in [-0.39, 0.29) is 40.0 Å². The Morgan fingerprint density at radius 3 is 0.662 bits per heavy atom. The van der Waals surface area contributed by atoms with Gasteiger partial charge in [0.05, 0.1) is 42.4 Å². The Hall–Kier alpha value is -6.22. The van der Waals surface area contributed by atoms with Crippen molar-refractivity contribution in [3.05, 3.63) is 144 Å². The zero-order chi connectivity index (χ0) is 45.3. The van der Waals surface area contributed by atoms with Crippen molar-refractivity contribution >= 4 is 86.8 Å². The molecule has 0 fully saturated rings. The van der Waals surface area contributed by atoms with Gasteiger partial charge < -0.3 is 9.97 Å². The van der Waals surface area contributed by atoms with Gasteiger partial charge in [-0.1, -0.05) is 72.8 Å². The Morgan fingerprint density at radius 2 is 0.492 bits per heavy atom. The summed E-state index contributed by atoms with van der Waals surface area (Å²) in [4.78, 5) is 18.7. The third-order valence-corrected chi connectivity index (χ3v) is 13.8. The van der Waals surface area contributed by atoms with Crippen molar-refractivity contribution in [3.8, 4) is 44.5 Å². The van der Waals surface area contributed by atoms with Crippen LogP contribution in [0.4, 0.5) is 0 Å². The minimum absolute atomic E-state index is 0. The van der Waals surface area contributed by atoms with Gasteiger partial charge in [-0.05, 0) is 117 Å². The maximum absolute atomic E-state index is 12.0. The van der Waals surface area contributed by atoms with Crippen LogP contribution in [0.5, 0.6) is 0 Å². The number of nitrogens with zero attached hydrogens (tertiary/aromatic N) is 4. The Balaban J connectivity index is 0.00000576. The fourth-order valence-electron chi connectivity index (χ4n) is 7.44. The summed E-state index contributed by atoms with van der Waals surface area (Å²) in [5.41, 5.74) is 6.28. The first-order valence-corrected chi connectivity index (χ1v) is 24.4. The van der Waals surface area contributed by atoms with Gasteiger partial charge in [0.2, 0.25) is 0 Å². The molecule has 21 heteroatoms. The SMILES string of the molecule is O=S(=O)(O)c1ccc(-c2c3nc(c(-c4ccc(S(=O)(=O)O)cc4)c4ccc([n-]4)c(-c4ccc(S(=O)(=O)O)cc4)c4nc(c(-c5ccc(S(=O)(=O)O)cc5)c5ccc2[n-]5)C=C4)C=C3)cc1.[Pd+2]. The van der Waals surface area contributed by atoms with E-state index in [1.165, 1.54) is 97.1 Å². The molecular formula is C44H28N4O12PdS4. The quantitative estimate of drug-likeness (QED) is 0.0844. The molecule has 8 bridgehead atoms. The van der Waals surface area contributed by atoms with Crippen molar-refractivity contribution in [2.75, 3.05) is 0 Å². The molecule has 4 N–H and O–H groups in total. The van der Waals surface area contributed by atoms with E-state index in [1.807, 2.05) is 0 Å². The fraction of sp³-hybridized carbons (Fsp3) is 0. The molecule has 0 saturated heterocycles. The molecule has 16 nitrogen and oxygen atoms in total. The molecule has 330 valence electrons. The molecule has 0 aliphatic carbocycles. The molecule has 5 heterocycles. The van der Waals surface area contributed by atoms with Gasteiger partial charge in [-0.2, -0.15) is 33.7 Å². The van der Waals surface area contributed by atoms with Gasteiger partial charge in [-0.3, -0.25) is 18.2 Å². The average molecular weight is 1040 g/mol. The van der Waals surface area contributed by atoms with E-state index in [0.717, 1.165) is 0 Å². The molecular weight excluding hydrogens is 1010 g/mol. The maximum Gasteiger partial charge on any atom is 2.00 e. The van der Waals surface area contributed by atoms with Crippen LogP contribution in [0.25, 0.3) is 90.9 Å². The molecule has 0 atom stereocenters. The van der Waals surface area contributed by atoms with Crippen molar-refractivity contribution in [1.29, 1.82) is 0 Å². The van der Waals surface area contributed by atoms with Crippen molar-refractivity contribution in [2.45, 2.75) is 19.6 Å². The van der Waals surface area contributed by atoms with Crippen molar-refractivity contribution in [2.24, 2.45) is 0 Å². The molecule has 0 saturated carbocycles. The van der Waals surface area contributed by atoms with Crippen LogP contribution in [0.3, 0.4) is 0 Å².